The molecule has 2 aromatic carbocycles. The molecule has 4 aromatic rings. The van der Waals surface area contributed by atoms with Crippen LogP contribution >= 0.6 is 23.8 Å². The molecular formula is C15H9ClN4OS. The van der Waals surface area contributed by atoms with E-state index in [0.717, 1.165) is 5.69 Å². The quantitative estimate of drug-likeness (QED) is 0.545. The molecule has 4 rings (SSSR count). The minimum Gasteiger partial charge on any atom is -0.267 e. The molecule has 2 aromatic heterocycles. The van der Waals surface area contributed by atoms with Gasteiger partial charge in [0.25, 0.3) is 5.56 Å². The van der Waals surface area contributed by atoms with Crippen molar-refractivity contribution in [1.29, 1.82) is 0 Å². The summed E-state index contributed by atoms with van der Waals surface area (Å²) >= 11 is 11.3. The molecule has 0 spiro atoms. The van der Waals surface area contributed by atoms with Gasteiger partial charge in [-0.1, -0.05) is 23.7 Å². The number of benzene rings is 2. The number of H-pyrrole nitrogens is 1. The zero-order valence-electron chi connectivity index (χ0n) is 11.2. The van der Waals surface area contributed by atoms with Crippen LogP contribution in [0.3, 0.4) is 0 Å². The predicted octanol–water partition coefficient (Wildman–Crippen LogP) is 3.35. The minimum absolute atomic E-state index is 0.181. The maximum absolute atomic E-state index is 12.5. The lowest BCUT2D eigenvalue weighted by atomic mass is 10.2. The summed E-state index contributed by atoms with van der Waals surface area (Å²) in [7, 11) is 0. The second-order valence-electron chi connectivity index (χ2n) is 4.80. The lowest BCUT2D eigenvalue weighted by Crippen LogP contribution is -2.16. The Bertz CT molecular complexity index is 1120. The highest BCUT2D eigenvalue weighted by Gasteiger charge is 2.12. The summed E-state index contributed by atoms with van der Waals surface area (Å²) in [6, 6.07) is 14.4. The molecule has 1 N–H and O–H groups in total. The first kappa shape index (κ1) is 13.2. The summed E-state index contributed by atoms with van der Waals surface area (Å²) < 4.78 is 3.46. The van der Waals surface area contributed by atoms with Gasteiger partial charge in [-0.25, -0.2) is 4.98 Å². The third kappa shape index (κ3) is 1.88. The fourth-order valence-electron chi connectivity index (χ4n) is 2.43. The van der Waals surface area contributed by atoms with Crippen LogP contribution in [-0.2, 0) is 0 Å². The van der Waals surface area contributed by atoms with E-state index in [1.807, 2.05) is 24.3 Å². The fraction of sp³-hybridized carbons (Fsp3) is 0. The summed E-state index contributed by atoms with van der Waals surface area (Å²) in [4.78, 5) is 17.1. The topological polar surface area (TPSA) is 55.1 Å². The molecule has 0 aliphatic rings. The van der Waals surface area contributed by atoms with Gasteiger partial charge >= 0.3 is 0 Å². The summed E-state index contributed by atoms with van der Waals surface area (Å²) in [6.07, 6.45) is 0. The van der Waals surface area contributed by atoms with Crippen LogP contribution in [0, 0.1) is 4.77 Å². The van der Waals surface area contributed by atoms with Crippen LogP contribution < -0.4 is 5.56 Å². The zero-order valence-corrected chi connectivity index (χ0v) is 12.7. The minimum atomic E-state index is -0.181. The third-order valence-electron chi connectivity index (χ3n) is 3.45. The first-order valence-electron chi connectivity index (χ1n) is 6.53. The average molecular weight is 329 g/mol. The molecule has 0 amide bonds. The van der Waals surface area contributed by atoms with Crippen LogP contribution in [0.5, 0.6) is 0 Å². The second kappa shape index (κ2) is 4.79. The number of rotatable bonds is 1. The standard InChI is InChI=1S/C15H9ClN4OS/c16-9-5-7-10(8-6-9)19-14-17-12-4-2-1-3-11(12)13(21)20(14)18-15(19)22/h1-8H,(H,18,22). The Morgan fingerprint density at radius 1 is 1.09 bits per heavy atom. The van der Waals surface area contributed by atoms with Gasteiger partial charge in [0.2, 0.25) is 5.78 Å². The van der Waals surface area contributed by atoms with E-state index in [0.29, 0.717) is 26.5 Å². The Morgan fingerprint density at radius 3 is 2.59 bits per heavy atom. The van der Waals surface area contributed by atoms with Crippen molar-refractivity contribution in [3.05, 3.63) is 68.7 Å². The van der Waals surface area contributed by atoms with Crippen molar-refractivity contribution in [2.45, 2.75) is 0 Å². The van der Waals surface area contributed by atoms with Gasteiger partial charge in [0, 0.05) is 5.02 Å². The van der Waals surface area contributed by atoms with E-state index in [2.05, 4.69) is 10.1 Å². The lowest BCUT2D eigenvalue weighted by Gasteiger charge is -2.04. The van der Waals surface area contributed by atoms with E-state index in [4.69, 9.17) is 23.8 Å². The number of hydrogen-bond donors (Lipinski definition) is 1. The summed E-state index contributed by atoms with van der Waals surface area (Å²) in [6.45, 7) is 0. The van der Waals surface area contributed by atoms with Crippen LogP contribution in [0.2, 0.25) is 5.02 Å². The summed E-state index contributed by atoms with van der Waals surface area (Å²) in [5, 5.41) is 4.06. The monoisotopic (exact) mass is 328 g/mol. The van der Waals surface area contributed by atoms with Crippen LogP contribution in [0.25, 0.3) is 22.4 Å². The van der Waals surface area contributed by atoms with Crippen molar-refractivity contribution < 1.29 is 0 Å². The van der Waals surface area contributed by atoms with Crippen molar-refractivity contribution in [2.75, 3.05) is 0 Å². The first-order chi connectivity index (χ1) is 10.6. The summed E-state index contributed by atoms with van der Waals surface area (Å²) in [5.41, 5.74) is 1.24. The second-order valence-corrected chi connectivity index (χ2v) is 5.62. The van der Waals surface area contributed by atoms with E-state index in [1.165, 1.54) is 4.52 Å². The van der Waals surface area contributed by atoms with Gasteiger partial charge in [0.05, 0.1) is 16.6 Å². The first-order valence-corrected chi connectivity index (χ1v) is 7.32. The maximum Gasteiger partial charge on any atom is 0.281 e. The number of halogens is 1. The predicted molar refractivity (Wildman–Crippen MR) is 88.5 cm³/mol. The number of fused-ring (bicyclic) bond motifs is 2. The van der Waals surface area contributed by atoms with Crippen molar-refractivity contribution >= 4 is 40.5 Å². The SMILES string of the molecule is O=c1c2ccccc2nc2n(-c3ccc(Cl)cc3)c(=S)[nH]n12. The third-order valence-corrected chi connectivity index (χ3v) is 3.98. The van der Waals surface area contributed by atoms with Gasteiger partial charge < -0.3 is 0 Å². The molecule has 108 valence electrons. The number of nitrogens with one attached hydrogen (secondary N) is 1. The Hall–Kier alpha value is -2.44. The molecule has 22 heavy (non-hydrogen) atoms. The normalized spacial score (nSPS) is 11.3. The smallest absolute Gasteiger partial charge is 0.267 e. The van der Waals surface area contributed by atoms with Gasteiger partial charge in [-0.15, -0.1) is 0 Å². The molecule has 0 fully saturated rings. The largest absolute Gasteiger partial charge is 0.281 e. The highest BCUT2D eigenvalue weighted by molar-refractivity contribution is 7.71. The van der Waals surface area contributed by atoms with Crippen molar-refractivity contribution in [2.24, 2.45) is 0 Å². The summed E-state index contributed by atoms with van der Waals surface area (Å²) in [5.74, 6) is 0.441. The average Bonchev–Trinajstić information content (AvgIpc) is 2.85. The van der Waals surface area contributed by atoms with E-state index >= 15 is 0 Å². The number of aromatic amines is 1. The Morgan fingerprint density at radius 2 is 1.82 bits per heavy atom. The molecule has 0 aliphatic carbocycles. The molecule has 0 atom stereocenters. The zero-order chi connectivity index (χ0) is 15.3. The molecule has 2 heterocycles. The van der Waals surface area contributed by atoms with Crippen molar-refractivity contribution in [1.82, 2.24) is 19.2 Å². The molecule has 7 heteroatoms. The number of para-hydroxylation sites is 1. The van der Waals surface area contributed by atoms with Crippen LogP contribution in [0.15, 0.2) is 53.3 Å². The Labute approximate surface area is 134 Å². The molecule has 5 nitrogen and oxygen atoms in total. The Kier molecular flexibility index (Phi) is 2.88. The molecule has 0 aliphatic heterocycles. The molecule has 0 bridgehead atoms. The van der Waals surface area contributed by atoms with E-state index in [1.54, 1.807) is 28.8 Å². The number of aromatic nitrogens is 4. The van der Waals surface area contributed by atoms with E-state index < -0.39 is 0 Å². The lowest BCUT2D eigenvalue weighted by molar-refractivity contribution is 0.909. The molecular weight excluding hydrogens is 320 g/mol. The van der Waals surface area contributed by atoms with Gasteiger partial charge in [-0.3, -0.25) is 14.5 Å². The molecule has 0 saturated carbocycles. The highest BCUT2D eigenvalue weighted by Crippen LogP contribution is 2.17. The van der Waals surface area contributed by atoms with Crippen molar-refractivity contribution in [3.63, 3.8) is 0 Å². The Balaban J connectivity index is 2.16. The number of nitrogens with zero attached hydrogens (tertiary/aromatic N) is 3. The highest BCUT2D eigenvalue weighted by atomic mass is 35.5. The van der Waals surface area contributed by atoms with Gasteiger partial charge in [0.15, 0.2) is 4.77 Å². The van der Waals surface area contributed by atoms with Gasteiger partial charge in [-0.2, -0.15) is 4.52 Å². The van der Waals surface area contributed by atoms with Crippen LogP contribution in [0.1, 0.15) is 0 Å². The van der Waals surface area contributed by atoms with Gasteiger partial charge in [-0.05, 0) is 48.6 Å². The molecule has 0 saturated heterocycles. The van der Waals surface area contributed by atoms with Gasteiger partial charge in [0.1, 0.15) is 0 Å². The van der Waals surface area contributed by atoms with E-state index in [9.17, 15) is 4.79 Å². The van der Waals surface area contributed by atoms with E-state index in [-0.39, 0.29) is 5.56 Å². The van der Waals surface area contributed by atoms with Crippen LogP contribution in [0.4, 0.5) is 0 Å². The van der Waals surface area contributed by atoms with Crippen molar-refractivity contribution in [3.8, 4) is 5.69 Å². The maximum atomic E-state index is 12.5. The number of hydrogen-bond acceptors (Lipinski definition) is 3. The fourth-order valence-corrected chi connectivity index (χ4v) is 2.84. The molecule has 0 unspecified atom stereocenters. The molecule has 0 radical (unpaired) electrons. The van der Waals surface area contributed by atoms with Crippen LogP contribution in [-0.4, -0.2) is 19.2 Å².